The molecule has 0 heterocycles. The van der Waals surface area contributed by atoms with Crippen LogP contribution in [0.2, 0.25) is 0 Å². The molecule has 0 saturated heterocycles. The maximum absolute atomic E-state index is 10.3. The van der Waals surface area contributed by atoms with E-state index >= 15 is 0 Å². The number of hydrogen-bond donors (Lipinski definition) is 2. The van der Waals surface area contributed by atoms with Gasteiger partial charge in [-0.2, -0.15) is 5.10 Å². The van der Waals surface area contributed by atoms with Crippen LogP contribution in [-0.2, 0) is 4.79 Å². The molecule has 0 aliphatic heterocycles. The van der Waals surface area contributed by atoms with Gasteiger partial charge in [-0.25, -0.2) is 4.79 Å². The molecule has 0 unspecified atom stereocenters. The second-order valence-electron chi connectivity index (χ2n) is 2.55. The molecule has 0 amide bonds. The van der Waals surface area contributed by atoms with Crippen molar-refractivity contribution in [3.63, 3.8) is 0 Å². The second-order valence-corrected chi connectivity index (χ2v) is 2.91. The van der Waals surface area contributed by atoms with Gasteiger partial charge in [-0.1, -0.05) is 11.6 Å². The minimum Gasteiger partial charge on any atom is -0.497 e. The Labute approximate surface area is 91.3 Å². The Balaban J connectivity index is 2.66. The Kier molecular flexibility index (Phi) is 3.93. The lowest BCUT2D eigenvalue weighted by atomic mass is 10.3. The Bertz CT molecular complexity index is 375. The number of ether oxygens (including phenoxy) is 1. The summed E-state index contributed by atoms with van der Waals surface area (Å²) in [4.78, 5) is 10.3. The van der Waals surface area contributed by atoms with Crippen LogP contribution in [0.4, 0.5) is 5.69 Å². The second kappa shape index (κ2) is 5.21. The highest BCUT2D eigenvalue weighted by Crippen LogP contribution is 2.14. The van der Waals surface area contributed by atoms with Crippen molar-refractivity contribution >= 4 is 28.4 Å². The highest BCUT2D eigenvalue weighted by molar-refractivity contribution is 6.81. The van der Waals surface area contributed by atoms with Crippen molar-refractivity contribution in [3.8, 4) is 5.75 Å². The van der Waals surface area contributed by atoms with Crippen molar-refractivity contribution in [1.82, 2.24) is 0 Å². The van der Waals surface area contributed by atoms with Crippen LogP contribution in [0.5, 0.6) is 5.75 Å². The lowest BCUT2D eigenvalue weighted by Crippen LogP contribution is -2.07. The topological polar surface area (TPSA) is 70.9 Å². The van der Waals surface area contributed by atoms with Gasteiger partial charge < -0.3 is 9.84 Å². The van der Waals surface area contributed by atoms with E-state index in [0.29, 0.717) is 11.4 Å². The molecule has 0 aliphatic rings. The summed E-state index contributed by atoms with van der Waals surface area (Å²) >= 11 is 5.29. The fourth-order valence-corrected chi connectivity index (χ4v) is 0.869. The van der Waals surface area contributed by atoms with Crippen LogP contribution < -0.4 is 10.2 Å². The standard InChI is InChI=1S/C9H9ClN2O3/c1-15-7-4-2-6(3-5-7)11-12-8(10)9(13)14/h2-5,11H,1H3,(H,13,14). The monoisotopic (exact) mass is 228 g/mol. The SMILES string of the molecule is COc1ccc(NN=C(Cl)C(=O)O)cc1. The summed E-state index contributed by atoms with van der Waals surface area (Å²) in [5.41, 5.74) is 3.12. The van der Waals surface area contributed by atoms with E-state index < -0.39 is 11.1 Å². The molecule has 0 atom stereocenters. The van der Waals surface area contributed by atoms with E-state index in [2.05, 4.69) is 10.5 Å². The molecule has 0 aromatic heterocycles. The normalized spacial score (nSPS) is 10.9. The van der Waals surface area contributed by atoms with Crippen molar-refractivity contribution in [2.24, 2.45) is 5.10 Å². The van der Waals surface area contributed by atoms with Gasteiger partial charge in [0.15, 0.2) is 0 Å². The van der Waals surface area contributed by atoms with Gasteiger partial charge in [0.2, 0.25) is 5.17 Å². The minimum absolute atomic E-state index is 0.522. The number of nitrogens with zero attached hydrogens (tertiary/aromatic N) is 1. The first-order valence-corrected chi connectivity index (χ1v) is 4.38. The molecule has 0 aliphatic carbocycles. The number of carboxylic acids is 1. The van der Waals surface area contributed by atoms with E-state index in [0.717, 1.165) is 0 Å². The molecule has 5 nitrogen and oxygen atoms in total. The Morgan fingerprint density at radius 2 is 2.07 bits per heavy atom. The summed E-state index contributed by atoms with van der Waals surface area (Å²) in [5, 5.41) is 11.3. The van der Waals surface area contributed by atoms with Crippen molar-refractivity contribution < 1.29 is 14.6 Å². The van der Waals surface area contributed by atoms with E-state index in [1.165, 1.54) is 0 Å². The summed E-state index contributed by atoms with van der Waals surface area (Å²) in [5.74, 6) is -0.577. The van der Waals surface area contributed by atoms with Gasteiger partial charge >= 0.3 is 5.97 Å². The number of rotatable bonds is 4. The molecular formula is C9H9ClN2O3. The van der Waals surface area contributed by atoms with E-state index in [9.17, 15) is 4.79 Å². The zero-order chi connectivity index (χ0) is 11.3. The van der Waals surface area contributed by atoms with E-state index in [1.807, 2.05) is 0 Å². The molecule has 80 valence electrons. The fourth-order valence-electron chi connectivity index (χ4n) is 0.827. The number of benzene rings is 1. The van der Waals surface area contributed by atoms with Crippen molar-refractivity contribution in [3.05, 3.63) is 24.3 Å². The minimum atomic E-state index is -1.28. The van der Waals surface area contributed by atoms with Crippen molar-refractivity contribution in [2.45, 2.75) is 0 Å². The first-order valence-electron chi connectivity index (χ1n) is 4.00. The van der Waals surface area contributed by atoms with E-state index in [4.69, 9.17) is 21.4 Å². The average Bonchev–Trinajstić information content (AvgIpc) is 2.26. The lowest BCUT2D eigenvalue weighted by molar-refractivity contribution is -0.129. The number of aliphatic carboxylic acids is 1. The third-order valence-corrected chi connectivity index (χ3v) is 1.80. The number of hydrogen-bond acceptors (Lipinski definition) is 4. The van der Waals surface area contributed by atoms with Crippen LogP contribution in [0.1, 0.15) is 0 Å². The summed E-state index contributed by atoms with van der Waals surface area (Å²) in [6.45, 7) is 0. The van der Waals surface area contributed by atoms with Gasteiger partial charge in [-0.05, 0) is 24.3 Å². The highest BCUT2D eigenvalue weighted by Gasteiger charge is 2.03. The lowest BCUT2D eigenvalue weighted by Gasteiger charge is -2.02. The Morgan fingerprint density at radius 1 is 1.47 bits per heavy atom. The molecule has 1 aromatic rings. The summed E-state index contributed by atoms with van der Waals surface area (Å²) in [7, 11) is 1.56. The fraction of sp³-hybridized carbons (Fsp3) is 0.111. The van der Waals surface area contributed by atoms with Crippen molar-refractivity contribution in [2.75, 3.05) is 12.5 Å². The zero-order valence-electron chi connectivity index (χ0n) is 7.90. The van der Waals surface area contributed by atoms with Gasteiger partial charge in [0, 0.05) is 0 Å². The molecule has 2 N–H and O–H groups in total. The smallest absolute Gasteiger partial charge is 0.368 e. The zero-order valence-corrected chi connectivity index (χ0v) is 8.65. The number of anilines is 1. The van der Waals surface area contributed by atoms with Gasteiger partial charge in [-0.3, -0.25) is 5.43 Å². The van der Waals surface area contributed by atoms with Gasteiger partial charge in [0.1, 0.15) is 5.75 Å². The number of hydrazone groups is 1. The molecule has 0 spiro atoms. The number of carboxylic acid groups (broad SMARTS) is 1. The Morgan fingerprint density at radius 3 is 2.53 bits per heavy atom. The van der Waals surface area contributed by atoms with Crippen LogP contribution in [0.25, 0.3) is 0 Å². The molecule has 0 saturated carbocycles. The molecule has 0 fully saturated rings. The predicted octanol–water partition coefficient (Wildman–Crippen LogP) is 1.74. The van der Waals surface area contributed by atoms with Gasteiger partial charge in [0.05, 0.1) is 12.8 Å². The molecule has 6 heteroatoms. The van der Waals surface area contributed by atoms with Gasteiger partial charge in [0.25, 0.3) is 0 Å². The predicted molar refractivity (Wildman–Crippen MR) is 57.5 cm³/mol. The largest absolute Gasteiger partial charge is 0.497 e. The van der Waals surface area contributed by atoms with Crippen molar-refractivity contribution in [1.29, 1.82) is 0 Å². The summed E-state index contributed by atoms with van der Waals surface area (Å²) in [6.07, 6.45) is 0. The molecule has 1 aromatic carbocycles. The Hall–Kier alpha value is -1.75. The summed E-state index contributed by atoms with van der Waals surface area (Å²) in [6, 6.07) is 6.81. The number of methoxy groups -OCH3 is 1. The average molecular weight is 229 g/mol. The number of carbonyl (C=O) groups is 1. The quantitative estimate of drug-likeness (QED) is 0.608. The maximum atomic E-state index is 10.3. The third kappa shape index (κ3) is 3.47. The first-order chi connectivity index (χ1) is 7.13. The highest BCUT2D eigenvalue weighted by atomic mass is 35.5. The molecular weight excluding hydrogens is 220 g/mol. The number of halogens is 1. The van der Waals surface area contributed by atoms with E-state index in [1.54, 1.807) is 31.4 Å². The molecule has 1 rings (SSSR count). The number of nitrogens with one attached hydrogen (secondary N) is 1. The molecule has 0 bridgehead atoms. The third-order valence-electron chi connectivity index (χ3n) is 1.55. The van der Waals surface area contributed by atoms with Crippen LogP contribution in [-0.4, -0.2) is 23.4 Å². The van der Waals surface area contributed by atoms with Crippen LogP contribution in [0.3, 0.4) is 0 Å². The first kappa shape index (κ1) is 11.3. The maximum Gasteiger partial charge on any atom is 0.368 e. The van der Waals surface area contributed by atoms with Crippen LogP contribution >= 0.6 is 11.6 Å². The molecule has 15 heavy (non-hydrogen) atoms. The molecule has 0 radical (unpaired) electrons. The summed E-state index contributed by atoms with van der Waals surface area (Å²) < 4.78 is 4.95. The van der Waals surface area contributed by atoms with Crippen LogP contribution in [0, 0.1) is 0 Å². The van der Waals surface area contributed by atoms with E-state index in [-0.39, 0.29) is 0 Å². The van der Waals surface area contributed by atoms with Gasteiger partial charge in [-0.15, -0.1) is 0 Å². The van der Waals surface area contributed by atoms with Crippen LogP contribution in [0.15, 0.2) is 29.4 Å².